The molecular formula is C23H24FN5O5. The standard InChI is InChI=1S/C23H24FN5O5/c1-2-34-22(31)19-20(15-4-3-5-18(14-15)29(32)33)25-23(26-21(19)30)28-12-10-27(11-13-28)17-8-6-16(24)7-9-17/h3-9,14,19-20H,2,10-13H2,1H3,(H,25,26,30)/t19-,20-/m0/s1. The van der Waals surface area contributed by atoms with Crippen molar-refractivity contribution in [2.45, 2.75) is 13.0 Å². The number of nitrogens with one attached hydrogen (secondary N) is 1. The monoisotopic (exact) mass is 469 g/mol. The molecule has 11 heteroatoms. The van der Waals surface area contributed by atoms with Crippen LogP contribution in [0.3, 0.4) is 0 Å². The van der Waals surface area contributed by atoms with E-state index in [4.69, 9.17) is 4.74 Å². The van der Waals surface area contributed by atoms with Crippen LogP contribution in [-0.2, 0) is 14.3 Å². The first-order valence-electron chi connectivity index (χ1n) is 10.9. The Bertz CT molecular complexity index is 1110. The molecule has 4 rings (SSSR count). The van der Waals surface area contributed by atoms with Gasteiger partial charge in [0.1, 0.15) is 11.9 Å². The molecular weight excluding hydrogens is 445 g/mol. The summed E-state index contributed by atoms with van der Waals surface area (Å²) >= 11 is 0. The number of carbonyl (C=O) groups excluding carboxylic acids is 2. The largest absolute Gasteiger partial charge is 0.465 e. The summed E-state index contributed by atoms with van der Waals surface area (Å²) in [5.41, 5.74) is 1.12. The van der Waals surface area contributed by atoms with Crippen molar-refractivity contribution >= 4 is 29.2 Å². The number of rotatable bonds is 5. The van der Waals surface area contributed by atoms with E-state index in [0.29, 0.717) is 37.7 Å². The Hall–Kier alpha value is -4.02. The third-order valence-electron chi connectivity index (χ3n) is 5.83. The molecule has 2 aromatic carbocycles. The summed E-state index contributed by atoms with van der Waals surface area (Å²) in [5, 5.41) is 14.0. The molecule has 0 aromatic heterocycles. The summed E-state index contributed by atoms with van der Waals surface area (Å²) in [6.45, 7) is 4.01. The zero-order chi connectivity index (χ0) is 24.2. The van der Waals surface area contributed by atoms with Gasteiger partial charge in [0.15, 0.2) is 5.92 Å². The summed E-state index contributed by atoms with van der Waals surface area (Å²) in [4.78, 5) is 44.9. The van der Waals surface area contributed by atoms with Crippen molar-refractivity contribution in [3.63, 3.8) is 0 Å². The number of benzene rings is 2. The van der Waals surface area contributed by atoms with Crippen molar-refractivity contribution in [2.24, 2.45) is 10.9 Å². The number of carbonyl (C=O) groups is 2. The molecule has 34 heavy (non-hydrogen) atoms. The normalized spacial score (nSPS) is 20.4. The number of non-ortho nitro benzene ring substituents is 1. The number of aliphatic imine (C=N–C) groups is 1. The van der Waals surface area contributed by atoms with Gasteiger partial charge in [-0.2, -0.15) is 0 Å². The van der Waals surface area contributed by atoms with Gasteiger partial charge in [-0.15, -0.1) is 0 Å². The number of piperazine rings is 1. The van der Waals surface area contributed by atoms with E-state index in [1.54, 1.807) is 25.1 Å². The highest BCUT2D eigenvalue weighted by Gasteiger charge is 2.42. The number of anilines is 1. The topological polar surface area (TPSA) is 117 Å². The number of esters is 1. The predicted molar refractivity (Wildman–Crippen MR) is 122 cm³/mol. The minimum absolute atomic E-state index is 0.0895. The molecule has 0 radical (unpaired) electrons. The molecule has 2 aromatic rings. The van der Waals surface area contributed by atoms with E-state index in [1.165, 1.54) is 30.3 Å². The average molecular weight is 469 g/mol. The van der Waals surface area contributed by atoms with E-state index < -0.39 is 28.8 Å². The molecule has 1 fully saturated rings. The van der Waals surface area contributed by atoms with Gasteiger partial charge in [0, 0.05) is 44.0 Å². The first-order chi connectivity index (χ1) is 16.4. The fourth-order valence-electron chi connectivity index (χ4n) is 4.12. The molecule has 0 spiro atoms. The average Bonchev–Trinajstić information content (AvgIpc) is 2.84. The zero-order valence-corrected chi connectivity index (χ0v) is 18.5. The van der Waals surface area contributed by atoms with Gasteiger partial charge in [-0.1, -0.05) is 12.1 Å². The first-order valence-corrected chi connectivity index (χ1v) is 10.9. The SMILES string of the molecule is CCOC(=O)[C@@H]1C(=O)NC(N2CCN(c3ccc(F)cc3)CC2)=N[C@H]1c1cccc([N+](=O)[O-])c1. The van der Waals surface area contributed by atoms with E-state index >= 15 is 0 Å². The minimum atomic E-state index is -1.26. The number of nitro benzene ring substituents is 1. The van der Waals surface area contributed by atoms with Gasteiger partial charge >= 0.3 is 5.97 Å². The van der Waals surface area contributed by atoms with Crippen molar-refractivity contribution in [3.05, 3.63) is 70.0 Å². The van der Waals surface area contributed by atoms with Gasteiger partial charge < -0.3 is 14.5 Å². The lowest BCUT2D eigenvalue weighted by atomic mass is 9.91. The third-order valence-corrected chi connectivity index (χ3v) is 5.83. The number of halogens is 1. The van der Waals surface area contributed by atoms with Gasteiger partial charge in [0.25, 0.3) is 5.69 Å². The van der Waals surface area contributed by atoms with Crippen molar-refractivity contribution in [2.75, 3.05) is 37.7 Å². The van der Waals surface area contributed by atoms with Crippen LogP contribution in [0.2, 0.25) is 0 Å². The molecule has 1 amide bonds. The number of hydrogen-bond donors (Lipinski definition) is 1. The highest BCUT2D eigenvalue weighted by molar-refractivity contribution is 6.08. The molecule has 10 nitrogen and oxygen atoms in total. The molecule has 2 aliphatic heterocycles. The first kappa shape index (κ1) is 23.1. The van der Waals surface area contributed by atoms with Crippen molar-refractivity contribution in [1.82, 2.24) is 10.2 Å². The van der Waals surface area contributed by atoms with E-state index in [1.807, 2.05) is 4.90 Å². The second kappa shape index (κ2) is 9.86. The zero-order valence-electron chi connectivity index (χ0n) is 18.5. The summed E-state index contributed by atoms with van der Waals surface area (Å²) in [6, 6.07) is 11.1. The number of nitrogens with zero attached hydrogens (tertiary/aromatic N) is 4. The Morgan fingerprint density at radius 1 is 1.18 bits per heavy atom. The Labute approximate surface area is 195 Å². The molecule has 2 heterocycles. The molecule has 0 bridgehead atoms. The fourth-order valence-corrected chi connectivity index (χ4v) is 4.12. The second-order valence-electron chi connectivity index (χ2n) is 7.92. The fraction of sp³-hybridized carbons (Fsp3) is 0.348. The number of nitro groups is 1. The number of amides is 1. The predicted octanol–water partition coefficient (Wildman–Crippen LogP) is 2.26. The maximum atomic E-state index is 13.2. The highest BCUT2D eigenvalue weighted by Crippen LogP contribution is 2.33. The second-order valence-corrected chi connectivity index (χ2v) is 7.92. The molecule has 2 atom stereocenters. The number of hydrogen-bond acceptors (Lipinski definition) is 8. The summed E-state index contributed by atoms with van der Waals surface area (Å²) in [7, 11) is 0. The van der Waals surface area contributed by atoms with E-state index in [9.17, 15) is 24.1 Å². The van der Waals surface area contributed by atoms with Gasteiger partial charge in [-0.25, -0.2) is 9.38 Å². The van der Waals surface area contributed by atoms with E-state index in [2.05, 4.69) is 15.2 Å². The van der Waals surface area contributed by atoms with Gasteiger partial charge in [-0.05, 0) is 36.8 Å². The number of guanidine groups is 1. The van der Waals surface area contributed by atoms with Crippen LogP contribution in [0, 0.1) is 21.8 Å². The molecule has 1 N–H and O–H groups in total. The van der Waals surface area contributed by atoms with Crippen LogP contribution in [-0.4, -0.2) is 60.4 Å². The van der Waals surface area contributed by atoms with Crippen LogP contribution in [0.4, 0.5) is 15.8 Å². The summed E-state index contributed by atoms with van der Waals surface area (Å²) in [5.74, 6) is -2.56. The maximum absolute atomic E-state index is 13.2. The quantitative estimate of drug-likeness (QED) is 0.309. The van der Waals surface area contributed by atoms with Gasteiger partial charge in [0.2, 0.25) is 11.9 Å². The van der Waals surface area contributed by atoms with Crippen LogP contribution >= 0.6 is 0 Å². The van der Waals surface area contributed by atoms with Gasteiger partial charge in [0.05, 0.1) is 11.5 Å². The number of ether oxygens (including phenoxy) is 1. The van der Waals surface area contributed by atoms with E-state index in [0.717, 1.165) is 5.69 Å². The molecule has 1 saturated heterocycles. The van der Waals surface area contributed by atoms with Crippen LogP contribution in [0.15, 0.2) is 53.5 Å². The van der Waals surface area contributed by atoms with Crippen molar-refractivity contribution in [1.29, 1.82) is 0 Å². The lowest BCUT2D eigenvalue weighted by molar-refractivity contribution is -0.384. The van der Waals surface area contributed by atoms with Crippen LogP contribution in [0.25, 0.3) is 0 Å². The Kier molecular flexibility index (Phi) is 6.71. The van der Waals surface area contributed by atoms with Crippen LogP contribution in [0.1, 0.15) is 18.5 Å². The summed E-state index contributed by atoms with van der Waals surface area (Å²) in [6.07, 6.45) is 0. The maximum Gasteiger partial charge on any atom is 0.321 e. The van der Waals surface area contributed by atoms with Crippen LogP contribution in [0.5, 0.6) is 0 Å². The molecule has 0 unspecified atom stereocenters. The molecule has 2 aliphatic rings. The van der Waals surface area contributed by atoms with Crippen LogP contribution < -0.4 is 10.2 Å². The Morgan fingerprint density at radius 2 is 1.85 bits per heavy atom. The van der Waals surface area contributed by atoms with E-state index in [-0.39, 0.29) is 18.1 Å². The molecule has 178 valence electrons. The Balaban J connectivity index is 1.59. The molecule has 0 aliphatic carbocycles. The lowest BCUT2D eigenvalue weighted by Crippen LogP contribution is -2.57. The molecule has 0 saturated carbocycles. The Morgan fingerprint density at radius 3 is 2.50 bits per heavy atom. The smallest absolute Gasteiger partial charge is 0.321 e. The minimum Gasteiger partial charge on any atom is -0.465 e. The summed E-state index contributed by atoms with van der Waals surface area (Å²) < 4.78 is 18.3. The lowest BCUT2D eigenvalue weighted by Gasteiger charge is -2.39. The van der Waals surface area contributed by atoms with Gasteiger partial charge in [-0.3, -0.25) is 25.0 Å². The highest BCUT2D eigenvalue weighted by atomic mass is 19.1. The van der Waals surface area contributed by atoms with Crippen molar-refractivity contribution < 1.29 is 23.6 Å². The van der Waals surface area contributed by atoms with Crippen molar-refractivity contribution in [3.8, 4) is 0 Å². The third kappa shape index (κ3) is 4.82.